The van der Waals surface area contributed by atoms with E-state index < -0.39 is 18.2 Å². The minimum absolute atomic E-state index is 0.375. The van der Waals surface area contributed by atoms with Crippen molar-refractivity contribution in [2.24, 2.45) is 0 Å². The fourth-order valence-corrected chi connectivity index (χ4v) is 2.92. The van der Waals surface area contributed by atoms with E-state index in [-0.39, 0.29) is 11.8 Å². The third kappa shape index (κ3) is 1.77. The zero-order chi connectivity index (χ0) is 13.6. The molecule has 2 aliphatic rings. The molecular weight excluding hydrogens is 246 g/mol. The van der Waals surface area contributed by atoms with Crippen LogP contribution in [0.2, 0.25) is 0 Å². The Labute approximate surface area is 110 Å². The third-order valence-corrected chi connectivity index (χ3v) is 3.95. The molecule has 1 aromatic carbocycles. The van der Waals surface area contributed by atoms with Gasteiger partial charge in [0.25, 0.3) is 11.8 Å². The van der Waals surface area contributed by atoms with Crippen LogP contribution in [0.25, 0.3) is 0 Å². The molecule has 0 aromatic heterocycles. The maximum absolute atomic E-state index is 12.3. The lowest BCUT2D eigenvalue weighted by molar-refractivity contribution is -0.0506. The Morgan fingerprint density at radius 3 is 2.16 bits per heavy atom. The van der Waals surface area contributed by atoms with E-state index in [2.05, 4.69) is 0 Å². The average molecular weight is 261 g/mol. The maximum Gasteiger partial charge on any atom is 0.261 e. The summed E-state index contributed by atoms with van der Waals surface area (Å²) in [5.74, 6) is -0.752. The first-order valence-corrected chi connectivity index (χ1v) is 6.44. The number of hydrogen-bond acceptors (Lipinski definition) is 4. The second kappa shape index (κ2) is 4.43. The van der Waals surface area contributed by atoms with E-state index in [1.165, 1.54) is 0 Å². The number of aliphatic hydroxyl groups excluding tert-OH is 2. The minimum atomic E-state index is -1.06. The van der Waals surface area contributed by atoms with E-state index in [1.54, 1.807) is 24.3 Å². The van der Waals surface area contributed by atoms with E-state index in [0.29, 0.717) is 30.4 Å². The van der Waals surface area contributed by atoms with Crippen LogP contribution in [-0.4, -0.2) is 45.2 Å². The fraction of sp³-hybridized carbons (Fsp3) is 0.429. The number of imide groups is 1. The molecule has 5 heteroatoms. The molecule has 0 radical (unpaired) electrons. The highest BCUT2D eigenvalue weighted by Crippen LogP contribution is 2.31. The molecular formula is C14H15NO4. The summed E-state index contributed by atoms with van der Waals surface area (Å²) >= 11 is 0. The Balaban J connectivity index is 1.95. The van der Waals surface area contributed by atoms with E-state index >= 15 is 0 Å². The molecule has 100 valence electrons. The van der Waals surface area contributed by atoms with Gasteiger partial charge in [-0.05, 0) is 31.4 Å². The summed E-state index contributed by atoms with van der Waals surface area (Å²) in [5.41, 5.74) is 0.750. The van der Waals surface area contributed by atoms with E-state index in [4.69, 9.17) is 0 Å². The molecule has 1 aromatic rings. The van der Waals surface area contributed by atoms with Gasteiger partial charge >= 0.3 is 0 Å². The summed E-state index contributed by atoms with van der Waals surface area (Å²) in [4.78, 5) is 25.7. The molecule has 2 N–H and O–H groups in total. The quantitative estimate of drug-likeness (QED) is 0.724. The van der Waals surface area contributed by atoms with Crippen LogP contribution in [0.3, 0.4) is 0 Å². The number of carbonyl (C=O) groups is 2. The number of rotatable bonds is 1. The van der Waals surface area contributed by atoms with Gasteiger partial charge in [0.05, 0.1) is 23.3 Å². The van der Waals surface area contributed by atoms with Crippen LogP contribution < -0.4 is 0 Å². The Morgan fingerprint density at radius 2 is 1.58 bits per heavy atom. The standard InChI is InChI=1S/C14H15NO4/c16-11-7-3-6-10(12(11)17)15-13(18)8-4-1-2-5-9(8)14(15)19/h1-2,4-5,10-12,16-17H,3,6-7H2/t10?,11-,12+/m1/s1. The highest BCUT2D eigenvalue weighted by Gasteiger charge is 2.44. The molecule has 3 rings (SSSR count). The number of nitrogens with zero attached hydrogens (tertiary/aromatic N) is 1. The average Bonchev–Trinajstić information content (AvgIpc) is 2.67. The van der Waals surface area contributed by atoms with Crippen molar-refractivity contribution in [3.63, 3.8) is 0 Å². The van der Waals surface area contributed by atoms with Gasteiger partial charge in [-0.2, -0.15) is 0 Å². The number of aliphatic hydroxyl groups is 2. The predicted octanol–water partition coefficient (Wildman–Crippen LogP) is 0.557. The van der Waals surface area contributed by atoms with Crippen molar-refractivity contribution in [3.8, 4) is 0 Å². The van der Waals surface area contributed by atoms with Gasteiger partial charge in [0.1, 0.15) is 6.10 Å². The smallest absolute Gasteiger partial charge is 0.261 e. The Kier molecular flexibility index (Phi) is 2.88. The fourth-order valence-electron chi connectivity index (χ4n) is 2.92. The first kappa shape index (κ1) is 12.3. The molecule has 1 unspecified atom stereocenters. The predicted molar refractivity (Wildman–Crippen MR) is 66.6 cm³/mol. The largest absolute Gasteiger partial charge is 0.390 e. The van der Waals surface area contributed by atoms with Gasteiger partial charge in [0.15, 0.2) is 0 Å². The van der Waals surface area contributed by atoms with Crippen molar-refractivity contribution >= 4 is 11.8 Å². The zero-order valence-electron chi connectivity index (χ0n) is 10.3. The lowest BCUT2D eigenvalue weighted by atomic mass is 9.89. The molecule has 3 atom stereocenters. The normalized spacial score (nSPS) is 30.6. The summed E-state index contributed by atoms with van der Waals surface area (Å²) in [7, 11) is 0. The second-order valence-electron chi connectivity index (χ2n) is 5.08. The summed E-state index contributed by atoms with van der Waals surface area (Å²) in [6, 6.07) is 6.01. The first-order valence-electron chi connectivity index (χ1n) is 6.44. The number of hydrogen-bond donors (Lipinski definition) is 2. The van der Waals surface area contributed by atoms with Gasteiger partial charge in [0.2, 0.25) is 0 Å². The van der Waals surface area contributed by atoms with Gasteiger partial charge in [-0.3, -0.25) is 14.5 Å². The molecule has 1 saturated carbocycles. The number of amides is 2. The zero-order valence-corrected chi connectivity index (χ0v) is 10.3. The van der Waals surface area contributed by atoms with Gasteiger partial charge in [-0.1, -0.05) is 12.1 Å². The number of carbonyl (C=O) groups excluding carboxylic acids is 2. The summed E-state index contributed by atoms with van der Waals surface area (Å²) < 4.78 is 0. The van der Waals surface area contributed by atoms with Crippen molar-refractivity contribution in [1.82, 2.24) is 4.90 Å². The van der Waals surface area contributed by atoms with Crippen LogP contribution in [0.4, 0.5) is 0 Å². The number of benzene rings is 1. The summed E-state index contributed by atoms with van der Waals surface area (Å²) in [6.07, 6.45) is -0.208. The van der Waals surface area contributed by atoms with Crippen molar-refractivity contribution in [1.29, 1.82) is 0 Å². The van der Waals surface area contributed by atoms with E-state index in [9.17, 15) is 19.8 Å². The van der Waals surface area contributed by atoms with Crippen molar-refractivity contribution in [3.05, 3.63) is 35.4 Å². The van der Waals surface area contributed by atoms with Crippen LogP contribution in [0.15, 0.2) is 24.3 Å². The van der Waals surface area contributed by atoms with Gasteiger partial charge < -0.3 is 10.2 Å². The molecule has 1 heterocycles. The molecule has 1 aliphatic heterocycles. The Hall–Kier alpha value is -1.72. The lowest BCUT2D eigenvalue weighted by Gasteiger charge is -2.36. The minimum Gasteiger partial charge on any atom is -0.390 e. The first-order chi connectivity index (χ1) is 9.11. The topological polar surface area (TPSA) is 77.8 Å². The van der Waals surface area contributed by atoms with E-state index in [0.717, 1.165) is 4.90 Å². The molecule has 2 amide bonds. The maximum atomic E-state index is 12.3. The van der Waals surface area contributed by atoms with Crippen LogP contribution in [0.1, 0.15) is 40.0 Å². The molecule has 1 aliphatic carbocycles. The molecule has 1 fully saturated rings. The van der Waals surface area contributed by atoms with Gasteiger partial charge in [0, 0.05) is 0 Å². The Bertz CT molecular complexity index is 507. The van der Waals surface area contributed by atoms with Gasteiger partial charge in [-0.25, -0.2) is 0 Å². The monoisotopic (exact) mass is 261 g/mol. The van der Waals surface area contributed by atoms with Crippen LogP contribution in [0.5, 0.6) is 0 Å². The van der Waals surface area contributed by atoms with Crippen LogP contribution >= 0.6 is 0 Å². The highest BCUT2D eigenvalue weighted by molar-refractivity contribution is 6.21. The molecule has 0 spiro atoms. The second-order valence-corrected chi connectivity index (χ2v) is 5.08. The van der Waals surface area contributed by atoms with Crippen molar-refractivity contribution in [2.75, 3.05) is 0 Å². The Morgan fingerprint density at radius 1 is 1.00 bits per heavy atom. The highest BCUT2D eigenvalue weighted by atomic mass is 16.3. The number of fused-ring (bicyclic) bond motifs is 1. The molecule has 19 heavy (non-hydrogen) atoms. The third-order valence-electron chi connectivity index (χ3n) is 3.95. The van der Waals surface area contributed by atoms with Crippen molar-refractivity contribution < 1.29 is 19.8 Å². The summed E-state index contributed by atoms with van der Waals surface area (Å²) in [5, 5.41) is 19.7. The van der Waals surface area contributed by atoms with E-state index in [1.807, 2.05) is 0 Å². The SMILES string of the molecule is O=C1c2ccccc2C(=O)N1C1CCC[C@@H](O)[C@H]1O. The lowest BCUT2D eigenvalue weighted by Crippen LogP contribution is -2.53. The van der Waals surface area contributed by atoms with Crippen LogP contribution in [0, 0.1) is 0 Å². The molecule has 0 saturated heterocycles. The summed E-state index contributed by atoms with van der Waals surface area (Å²) in [6.45, 7) is 0. The van der Waals surface area contributed by atoms with Crippen LogP contribution in [-0.2, 0) is 0 Å². The molecule has 5 nitrogen and oxygen atoms in total. The van der Waals surface area contributed by atoms with Gasteiger partial charge in [-0.15, -0.1) is 0 Å². The molecule has 0 bridgehead atoms. The van der Waals surface area contributed by atoms with Crippen molar-refractivity contribution in [2.45, 2.75) is 37.5 Å².